The van der Waals surface area contributed by atoms with Crippen LogP contribution in [0.4, 0.5) is 8.78 Å². The first-order chi connectivity index (χ1) is 17.8. The molecular weight excluding hydrogens is 502 g/mol. The van der Waals surface area contributed by atoms with Crippen LogP contribution < -0.4 is 4.74 Å². The van der Waals surface area contributed by atoms with Gasteiger partial charge in [0.15, 0.2) is 0 Å². The van der Waals surface area contributed by atoms with Gasteiger partial charge in [0.2, 0.25) is 11.8 Å². The molecule has 3 heterocycles. The molecule has 3 aromatic rings. The van der Waals surface area contributed by atoms with Crippen molar-refractivity contribution in [2.75, 3.05) is 0 Å². The quantitative estimate of drug-likeness (QED) is 0.408. The Labute approximate surface area is 218 Å². The zero-order chi connectivity index (χ0) is 25.6. The maximum atomic E-state index is 13.3. The molecular formula is C27H27ClF2N4O3. The van der Waals surface area contributed by atoms with E-state index >= 15 is 0 Å². The molecule has 1 aliphatic heterocycles. The van der Waals surface area contributed by atoms with Crippen molar-refractivity contribution in [3.63, 3.8) is 0 Å². The van der Waals surface area contributed by atoms with Gasteiger partial charge in [-0.2, -0.15) is 0 Å². The van der Waals surface area contributed by atoms with E-state index in [2.05, 4.69) is 19.7 Å². The number of fused-ring (bicyclic) bond motifs is 3. The molecule has 2 saturated carbocycles. The predicted molar refractivity (Wildman–Crippen MR) is 131 cm³/mol. The zero-order valence-electron chi connectivity index (χ0n) is 20.2. The van der Waals surface area contributed by atoms with Gasteiger partial charge in [-0.25, -0.2) is 13.8 Å². The van der Waals surface area contributed by atoms with E-state index in [1.807, 2.05) is 36.4 Å². The number of alkyl halides is 2. The summed E-state index contributed by atoms with van der Waals surface area (Å²) in [6.07, 6.45) is 4.73. The molecule has 7 nitrogen and oxygen atoms in total. The second-order valence-electron chi connectivity index (χ2n) is 10.3. The molecule has 2 fully saturated rings. The number of hydrogen-bond acceptors (Lipinski definition) is 6. The number of pyridine rings is 1. The first-order valence-electron chi connectivity index (χ1n) is 12.7. The zero-order valence-corrected chi connectivity index (χ0v) is 20.9. The summed E-state index contributed by atoms with van der Waals surface area (Å²) in [5.74, 6) is -1.69. The molecule has 0 radical (unpaired) electrons. The standard InChI is InChI=1S/C27H27ClF2N4O3/c28-19-6-9-22-17(11-19)12-21(37-26(35)18-14-27(29,30)15-18)13-23-32-33-25(34(22)23)16-4-7-20(8-5-16)36-24-3-1-2-10-31-24/h1-3,6,9-11,16,18,20-21H,4-5,7-8,12-15H2. The number of rotatable bonds is 5. The van der Waals surface area contributed by atoms with E-state index in [-0.39, 0.29) is 12.0 Å². The highest BCUT2D eigenvalue weighted by Crippen LogP contribution is 2.43. The molecule has 0 spiro atoms. The number of benzene rings is 1. The van der Waals surface area contributed by atoms with Crippen molar-refractivity contribution in [2.24, 2.45) is 5.92 Å². The van der Waals surface area contributed by atoms with Gasteiger partial charge in [0.1, 0.15) is 23.9 Å². The summed E-state index contributed by atoms with van der Waals surface area (Å²) < 4.78 is 40.4. The maximum absolute atomic E-state index is 13.3. The average molecular weight is 529 g/mol. The van der Waals surface area contributed by atoms with Crippen LogP contribution in [0.25, 0.3) is 5.69 Å². The number of hydrogen-bond donors (Lipinski definition) is 0. The fraction of sp³-hybridized carbons (Fsp3) is 0.481. The Bertz CT molecular complexity index is 1290. The van der Waals surface area contributed by atoms with Gasteiger partial charge in [-0.1, -0.05) is 17.7 Å². The van der Waals surface area contributed by atoms with Crippen LogP contribution in [0.1, 0.15) is 61.7 Å². The Morgan fingerprint density at radius 2 is 1.84 bits per heavy atom. The summed E-state index contributed by atoms with van der Waals surface area (Å²) in [6.45, 7) is 0. The predicted octanol–water partition coefficient (Wildman–Crippen LogP) is 5.48. The Morgan fingerprint density at radius 1 is 1.03 bits per heavy atom. The molecule has 37 heavy (non-hydrogen) atoms. The summed E-state index contributed by atoms with van der Waals surface area (Å²) in [4.78, 5) is 16.8. The lowest BCUT2D eigenvalue weighted by Crippen LogP contribution is -2.42. The smallest absolute Gasteiger partial charge is 0.309 e. The third-order valence-electron chi connectivity index (χ3n) is 7.57. The van der Waals surface area contributed by atoms with E-state index in [0.29, 0.717) is 29.6 Å². The molecule has 3 aliphatic rings. The summed E-state index contributed by atoms with van der Waals surface area (Å²) in [7, 11) is 0. The van der Waals surface area contributed by atoms with E-state index in [0.717, 1.165) is 42.8 Å². The Hall–Kier alpha value is -3.07. The number of halogens is 3. The molecule has 0 N–H and O–H groups in total. The number of aromatic nitrogens is 4. The van der Waals surface area contributed by atoms with E-state index in [4.69, 9.17) is 21.1 Å². The topological polar surface area (TPSA) is 79.1 Å². The van der Waals surface area contributed by atoms with Crippen LogP contribution in [0.2, 0.25) is 5.02 Å². The van der Waals surface area contributed by atoms with E-state index in [9.17, 15) is 13.6 Å². The van der Waals surface area contributed by atoms with E-state index in [1.165, 1.54) is 0 Å². The van der Waals surface area contributed by atoms with Gasteiger partial charge < -0.3 is 9.47 Å². The summed E-state index contributed by atoms with van der Waals surface area (Å²) in [6, 6.07) is 11.3. The van der Waals surface area contributed by atoms with Gasteiger partial charge in [0, 0.05) is 48.9 Å². The second-order valence-corrected chi connectivity index (χ2v) is 10.7. The molecule has 6 rings (SSSR count). The van der Waals surface area contributed by atoms with Gasteiger partial charge in [-0.15, -0.1) is 10.2 Å². The van der Waals surface area contributed by atoms with Crippen LogP contribution in [-0.4, -0.2) is 43.8 Å². The van der Waals surface area contributed by atoms with Crippen LogP contribution in [-0.2, 0) is 22.4 Å². The molecule has 1 unspecified atom stereocenters. The van der Waals surface area contributed by atoms with Crippen molar-refractivity contribution < 1.29 is 23.0 Å². The van der Waals surface area contributed by atoms with Crippen LogP contribution >= 0.6 is 11.6 Å². The fourth-order valence-corrected chi connectivity index (χ4v) is 5.84. The number of carbonyl (C=O) groups is 1. The summed E-state index contributed by atoms with van der Waals surface area (Å²) in [5, 5.41) is 9.64. The van der Waals surface area contributed by atoms with Gasteiger partial charge in [-0.3, -0.25) is 9.36 Å². The first kappa shape index (κ1) is 24.3. The van der Waals surface area contributed by atoms with Crippen molar-refractivity contribution in [1.29, 1.82) is 0 Å². The minimum Gasteiger partial charge on any atom is -0.474 e. The largest absolute Gasteiger partial charge is 0.474 e. The number of carbonyl (C=O) groups excluding carboxylic acids is 1. The Kier molecular flexibility index (Phi) is 6.34. The monoisotopic (exact) mass is 528 g/mol. The van der Waals surface area contributed by atoms with Crippen molar-refractivity contribution in [3.05, 3.63) is 64.8 Å². The number of ether oxygens (including phenoxy) is 2. The minimum absolute atomic E-state index is 0.103. The highest BCUT2D eigenvalue weighted by molar-refractivity contribution is 6.30. The summed E-state index contributed by atoms with van der Waals surface area (Å²) in [5.41, 5.74) is 1.83. The van der Waals surface area contributed by atoms with Gasteiger partial charge in [-0.05, 0) is 55.5 Å². The molecule has 2 aliphatic carbocycles. The first-order valence-corrected chi connectivity index (χ1v) is 13.1. The minimum atomic E-state index is -2.77. The van der Waals surface area contributed by atoms with Crippen LogP contribution in [0.15, 0.2) is 42.6 Å². The van der Waals surface area contributed by atoms with Crippen LogP contribution in [0.5, 0.6) is 5.88 Å². The van der Waals surface area contributed by atoms with E-state index < -0.39 is 36.8 Å². The normalized spacial score (nSPS) is 24.8. The van der Waals surface area contributed by atoms with E-state index in [1.54, 1.807) is 6.20 Å². The van der Waals surface area contributed by atoms with Crippen molar-refractivity contribution in [3.8, 4) is 11.6 Å². The third kappa shape index (κ3) is 5.06. The maximum Gasteiger partial charge on any atom is 0.309 e. The SMILES string of the molecule is O=C(OC1Cc2cc(Cl)ccc2-n2c(nnc2C2CCC(Oc3ccccn3)CC2)C1)C1CC(F)(F)C1. The molecule has 194 valence electrons. The second kappa shape index (κ2) is 9.67. The molecule has 2 aromatic heterocycles. The fourth-order valence-electron chi connectivity index (χ4n) is 5.64. The molecule has 0 saturated heterocycles. The number of esters is 1. The highest BCUT2D eigenvalue weighted by Gasteiger charge is 2.50. The Morgan fingerprint density at radius 3 is 2.57 bits per heavy atom. The molecule has 0 bridgehead atoms. The molecule has 10 heteroatoms. The molecule has 0 amide bonds. The lowest BCUT2D eigenvalue weighted by molar-refractivity contribution is -0.176. The van der Waals surface area contributed by atoms with Crippen LogP contribution in [0, 0.1) is 5.92 Å². The van der Waals surface area contributed by atoms with Gasteiger partial charge in [0.05, 0.1) is 11.6 Å². The molecule has 1 atom stereocenters. The van der Waals surface area contributed by atoms with Crippen molar-refractivity contribution >= 4 is 17.6 Å². The van der Waals surface area contributed by atoms with Gasteiger partial charge in [0.25, 0.3) is 0 Å². The van der Waals surface area contributed by atoms with Crippen molar-refractivity contribution in [2.45, 2.75) is 75.4 Å². The van der Waals surface area contributed by atoms with Crippen molar-refractivity contribution in [1.82, 2.24) is 19.7 Å². The lowest BCUT2D eigenvalue weighted by atomic mass is 9.81. The van der Waals surface area contributed by atoms with Crippen LogP contribution in [0.3, 0.4) is 0 Å². The summed E-state index contributed by atoms with van der Waals surface area (Å²) >= 11 is 6.32. The Balaban J connectivity index is 1.21. The number of nitrogens with zero attached hydrogens (tertiary/aromatic N) is 4. The lowest BCUT2D eigenvalue weighted by Gasteiger charge is -2.33. The third-order valence-corrected chi connectivity index (χ3v) is 7.80. The molecule has 1 aromatic carbocycles. The average Bonchev–Trinajstić information content (AvgIpc) is 3.20. The highest BCUT2D eigenvalue weighted by atomic mass is 35.5. The van der Waals surface area contributed by atoms with Gasteiger partial charge >= 0.3 is 5.97 Å².